The second-order valence-corrected chi connectivity index (χ2v) is 4.57. The fourth-order valence-corrected chi connectivity index (χ4v) is 2.05. The van der Waals surface area contributed by atoms with Crippen molar-refractivity contribution in [3.8, 4) is 11.5 Å². The third kappa shape index (κ3) is 3.73. The molecule has 1 unspecified atom stereocenters. The van der Waals surface area contributed by atoms with Gasteiger partial charge in [-0.2, -0.15) is 0 Å². The van der Waals surface area contributed by atoms with E-state index in [0.29, 0.717) is 17.9 Å². The lowest BCUT2D eigenvalue weighted by Gasteiger charge is -2.15. The quantitative estimate of drug-likeness (QED) is 0.760. The van der Waals surface area contributed by atoms with Crippen molar-refractivity contribution in [3.05, 3.63) is 59.7 Å². The molecule has 0 saturated carbocycles. The molecule has 2 aromatic carbocycles. The van der Waals surface area contributed by atoms with Crippen LogP contribution in [0, 0.1) is 0 Å². The molecule has 0 aromatic heterocycles. The molecule has 5 nitrogen and oxygen atoms in total. The molecule has 110 valence electrons. The van der Waals surface area contributed by atoms with Gasteiger partial charge in [-0.05, 0) is 23.3 Å². The van der Waals surface area contributed by atoms with Crippen LogP contribution in [0.25, 0.3) is 0 Å². The summed E-state index contributed by atoms with van der Waals surface area (Å²) >= 11 is 0. The molecule has 2 rings (SSSR count). The number of benzene rings is 2. The van der Waals surface area contributed by atoms with E-state index in [1.165, 1.54) is 13.2 Å². The molecule has 0 aliphatic heterocycles. The van der Waals surface area contributed by atoms with Gasteiger partial charge in [-0.1, -0.05) is 36.4 Å². The average Bonchev–Trinajstić information content (AvgIpc) is 2.49. The van der Waals surface area contributed by atoms with E-state index in [-0.39, 0.29) is 5.75 Å². The minimum absolute atomic E-state index is 0.0547. The molecule has 0 bridgehead atoms. The van der Waals surface area contributed by atoms with E-state index in [1.54, 1.807) is 36.4 Å². The fourth-order valence-electron chi connectivity index (χ4n) is 2.05. The van der Waals surface area contributed by atoms with Gasteiger partial charge >= 0.3 is 5.97 Å². The van der Waals surface area contributed by atoms with Crippen LogP contribution in [-0.2, 0) is 11.3 Å². The Bertz CT molecular complexity index is 613. The molecule has 0 aliphatic carbocycles. The second-order valence-electron chi connectivity index (χ2n) is 4.57. The van der Waals surface area contributed by atoms with Gasteiger partial charge < -0.3 is 14.9 Å². The Labute approximate surface area is 122 Å². The second kappa shape index (κ2) is 6.76. The number of carboxylic acid groups (broad SMARTS) is 1. The van der Waals surface area contributed by atoms with Gasteiger partial charge in [0.25, 0.3) is 0 Å². The zero-order chi connectivity index (χ0) is 15.2. The molecule has 0 aliphatic rings. The largest absolute Gasteiger partial charge is 0.504 e. The van der Waals surface area contributed by atoms with Crippen molar-refractivity contribution < 1.29 is 19.7 Å². The van der Waals surface area contributed by atoms with Crippen LogP contribution < -0.4 is 10.1 Å². The number of hydrogen-bond donors (Lipinski definition) is 3. The average molecular weight is 287 g/mol. The number of ether oxygens (including phenoxy) is 1. The van der Waals surface area contributed by atoms with Crippen LogP contribution in [0.3, 0.4) is 0 Å². The van der Waals surface area contributed by atoms with Gasteiger partial charge in [0.1, 0.15) is 6.04 Å². The number of phenolic OH excluding ortho intramolecular Hbond substituents is 1. The number of carboxylic acids is 1. The monoisotopic (exact) mass is 287 g/mol. The minimum Gasteiger partial charge on any atom is -0.504 e. The predicted molar refractivity (Wildman–Crippen MR) is 78.3 cm³/mol. The maximum Gasteiger partial charge on any atom is 0.325 e. The smallest absolute Gasteiger partial charge is 0.325 e. The number of carbonyl (C=O) groups is 1. The highest BCUT2D eigenvalue weighted by Crippen LogP contribution is 2.26. The minimum atomic E-state index is -0.938. The zero-order valence-electron chi connectivity index (χ0n) is 11.6. The summed E-state index contributed by atoms with van der Waals surface area (Å²) in [4.78, 5) is 11.4. The van der Waals surface area contributed by atoms with E-state index in [9.17, 15) is 15.0 Å². The first-order valence-electron chi connectivity index (χ1n) is 6.49. The SMILES string of the molecule is COc1cc(CNC(C(=O)O)c2ccccc2)ccc1O. The van der Waals surface area contributed by atoms with Crippen molar-refractivity contribution in [2.75, 3.05) is 7.11 Å². The predicted octanol–water partition coefficient (Wildman–Crippen LogP) is 2.32. The molecule has 0 heterocycles. The van der Waals surface area contributed by atoms with Crippen molar-refractivity contribution in [2.45, 2.75) is 12.6 Å². The molecule has 2 aromatic rings. The van der Waals surface area contributed by atoms with Gasteiger partial charge in [0.2, 0.25) is 0 Å². The summed E-state index contributed by atoms with van der Waals surface area (Å²) in [6.07, 6.45) is 0. The van der Waals surface area contributed by atoms with Gasteiger partial charge in [0.15, 0.2) is 11.5 Å². The van der Waals surface area contributed by atoms with Crippen LogP contribution in [0.5, 0.6) is 11.5 Å². The van der Waals surface area contributed by atoms with Crippen LogP contribution in [0.2, 0.25) is 0 Å². The van der Waals surface area contributed by atoms with E-state index in [2.05, 4.69) is 5.32 Å². The first kappa shape index (κ1) is 14.9. The van der Waals surface area contributed by atoms with Gasteiger partial charge in [-0.15, -0.1) is 0 Å². The Kier molecular flexibility index (Phi) is 4.79. The number of aromatic hydroxyl groups is 1. The number of rotatable bonds is 6. The maximum absolute atomic E-state index is 11.4. The summed E-state index contributed by atoms with van der Waals surface area (Å²) in [6, 6.07) is 13.1. The van der Waals surface area contributed by atoms with Crippen molar-refractivity contribution in [1.29, 1.82) is 0 Å². The lowest BCUT2D eigenvalue weighted by Crippen LogP contribution is -2.28. The Morgan fingerprint density at radius 2 is 1.95 bits per heavy atom. The molecule has 1 atom stereocenters. The summed E-state index contributed by atoms with van der Waals surface area (Å²) in [5, 5.41) is 21.8. The molecule has 0 saturated heterocycles. The summed E-state index contributed by atoms with van der Waals surface area (Å²) in [7, 11) is 1.47. The number of hydrogen-bond acceptors (Lipinski definition) is 4. The number of nitrogens with one attached hydrogen (secondary N) is 1. The van der Waals surface area contributed by atoms with Crippen molar-refractivity contribution in [1.82, 2.24) is 5.32 Å². The Morgan fingerprint density at radius 1 is 1.24 bits per heavy atom. The standard InChI is InChI=1S/C16H17NO4/c1-21-14-9-11(7-8-13(14)18)10-17-15(16(19)20)12-5-3-2-4-6-12/h2-9,15,17-18H,10H2,1H3,(H,19,20). The van der Waals surface area contributed by atoms with Gasteiger partial charge in [-0.25, -0.2) is 0 Å². The Hall–Kier alpha value is -2.53. The van der Waals surface area contributed by atoms with E-state index in [4.69, 9.17) is 4.74 Å². The first-order valence-corrected chi connectivity index (χ1v) is 6.49. The number of methoxy groups -OCH3 is 1. The van der Waals surface area contributed by atoms with E-state index in [1.807, 2.05) is 6.07 Å². The van der Waals surface area contributed by atoms with Crippen LogP contribution >= 0.6 is 0 Å². The molecule has 0 amide bonds. The lowest BCUT2D eigenvalue weighted by atomic mass is 10.1. The molecular weight excluding hydrogens is 270 g/mol. The fraction of sp³-hybridized carbons (Fsp3) is 0.188. The third-order valence-electron chi connectivity index (χ3n) is 3.13. The summed E-state index contributed by atoms with van der Waals surface area (Å²) < 4.78 is 5.03. The van der Waals surface area contributed by atoms with Crippen molar-refractivity contribution in [2.24, 2.45) is 0 Å². The van der Waals surface area contributed by atoms with Crippen LogP contribution in [0.15, 0.2) is 48.5 Å². The molecule has 5 heteroatoms. The maximum atomic E-state index is 11.4. The van der Waals surface area contributed by atoms with Gasteiger partial charge in [0.05, 0.1) is 7.11 Å². The number of aliphatic carboxylic acids is 1. The molecule has 21 heavy (non-hydrogen) atoms. The molecule has 0 spiro atoms. The lowest BCUT2D eigenvalue weighted by molar-refractivity contribution is -0.139. The highest BCUT2D eigenvalue weighted by atomic mass is 16.5. The van der Waals surface area contributed by atoms with E-state index < -0.39 is 12.0 Å². The van der Waals surface area contributed by atoms with Crippen LogP contribution in [-0.4, -0.2) is 23.3 Å². The molecule has 0 radical (unpaired) electrons. The summed E-state index contributed by atoms with van der Waals surface area (Å²) in [6.45, 7) is 0.350. The summed E-state index contributed by atoms with van der Waals surface area (Å²) in [5.74, 6) is -0.521. The zero-order valence-corrected chi connectivity index (χ0v) is 11.6. The Balaban J connectivity index is 2.11. The van der Waals surface area contributed by atoms with Crippen molar-refractivity contribution in [3.63, 3.8) is 0 Å². The number of phenols is 1. The molecule has 0 fully saturated rings. The van der Waals surface area contributed by atoms with Crippen molar-refractivity contribution >= 4 is 5.97 Å². The molecular formula is C16H17NO4. The summed E-state index contributed by atoms with van der Waals surface area (Å²) in [5.41, 5.74) is 1.52. The topological polar surface area (TPSA) is 78.8 Å². The highest BCUT2D eigenvalue weighted by Gasteiger charge is 2.18. The van der Waals surface area contributed by atoms with E-state index >= 15 is 0 Å². The van der Waals surface area contributed by atoms with Crippen LogP contribution in [0.1, 0.15) is 17.2 Å². The van der Waals surface area contributed by atoms with E-state index in [0.717, 1.165) is 5.56 Å². The molecule has 3 N–H and O–H groups in total. The van der Waals surface area contributed by atoms with Gasteiger partial charge in [-0.3, -0.25) is 10.1 Å². The van der Waals surface area contributed by atoms with Gasteiger partial charge in [0, 0.05) is 6.54 Å². The first-order chi connectivity index (χ1) is 10.1. The Morgan fingerprint density at radius 3 is 2.57 bits per heavy atom. The normalized spacial score (nSPS) is 11.9. The van der Waals surface area contributed by atoms with Crippen LogP contribution in [0.4, 0.5) is 0 Å². The highest BCUT2D eigenvalue weighted by molar-refractivity contribution is 5.75. The third-order valence-corrected chi connectivity index (χ3v) is 3.13.